The number of benzene rings is 1. The standard InChI is InChI=1S/C37H53N7O6/c1-7-27-32(47)42(5)28-21-38-33(40-30(28)44(27)25-10-8-9-11-25)39-26-13-12-24(20-29(26)49-6)31(46)41-37(18-19-45)16-14-36(15-17-37)22-43(23-36)34(48)50-35(2,3)4/h12-13,20-21,25,27,45H,7-11,14-19,22-23H2,1-6H3,(H,41,46)(H,38,39,40)/t27-/m1/s1. The van der Waals surface area contributed by atoms with Gasteiger partial charge in [0, 0.05) is 49.3 Å². The fourth-order valence-electron chi connectivity index (χ4n) is 8.26. The van der Waals surface area contributed by atoms with Crippen molar-refractivity contribution in [2.24, 2.45) is 5.41 Å². The van der Waals surface area contributed by atoms with E-state index in [9.17, 15) is 19.5 Å². The third kappa shape index (κ3) is 7.06. The first-order valence-corrected chi connectivity index (χ1v) is 18.1. The highest BCUT2D eigenvalue weighted by molar-refractivity contribution is 6.04. The van der Waals surface area contributed by atoms with Gasteiger partial charge in [-0.25, -0.2) is 9.78 Å². The van der Waals surface area contributed by atoms with E-state index in [1.807, 2.05) is 27.7 Å². The summed E-state index contributed by atoms with van der Waals surface area (Å²) in [7, 11) is 3.33. The number of nitrogens with zero attached hydrogens (tertiary/aromatic N) is 5. The predicted molar refractivity (Wildman–Crippen MR) is 191 cm³/mol. The van der Waals surface area contributed by atoms with Crippen LogP contribution in [0.3, 0.4) is 0 Å². The summed E-state index contributed by atoms with van der Waals surface area (Å²) < 4.78 is 11.3. The highest BCUT2D eigenvalue weighted by atomic mass is 16.6. The van der Waals surface area contributed by atoms with Gasteiger partial charge in [0.2, 0.25) is 11.9 Å². The number of likely N-dealkylation sites (tertiary alicyclic amines) is 1. The first kappa shape index (κ1) is 35.7. The van der Waals surface area contributed by atoms with Crippen molar-refractivity contribution in [2.75, 3.05) is 49.0 Å². The molecule has 2 aliphatic carbocycles. The molecule has 6 rings (SSSR count). The third-order valence-electron chi connectivity index (χ3n) is 11.1. The van der Waals surface area contributed by atoms with Gasteiger partial charge in [0.1, 0.15) is 23.1 Å². The molecule has 0 unspecified atom stereocenters. The minimum absolute atomic E-state index is 0.0202. The molecule has 1 spiro atoms. The van der Waals surface area contributed by atoms with E-state index in [-0.39, 0.29) is 42.0 Å². The number of anilines is 4. The number of aliphatic hydroxyl groups is 1. The van der Waals surface area contributed by atoms with Crippen LogP contribution in [0.2, 0.25) is 0 Å². The summed E-state index contributed by atoms with van der Waals surface area (Å²) in [4.78, 5) is 54.6. The summed E-state index contributed by atoms with van der Waals surface area (Å²) in [5.74, 6) is 1.41. The van der Waals surface area contributed by atoms with Gasteiger partial charge in [0.25, 0.3) is 5.91 Å². The van der Waals surface area contributed by atoms with Gasteiger partial charge in [-0.3, -0.25) is 9.59 Å². The zero-order valence-corrected chi connectivity index (χ0v) is 30.4. The van der Waals surface area contributed by atoms with Crippen LogP contribution < -0.4 is 25.2 Å². The smallest absolute Gasteiger partial charge is 0.410 e. The van der Waals surface area contributed by atoms with Crippen molar-refractivity contribution in [1.29, 1.82) is 0 Å². The summed E-state index contributed by atoms with van der Waals surface area (Å²) in [6.45, 7) is 8.90. The molecule has 0 bridgehead atoms. The van der Waals surface area contributed by atoms with Crippen molar-refractivity contribution in [3.63, 3.8) is 0 Å². The first-order valence-electron chi connectivity index (χ1n) is 18.1. The average Bonchev–Trinajstić information content (AvgIpc) is 3.60. The zero-order chi connectivity index (χ0) is 35.8. The Bertz CT molecular complexity index is 1590. The Hall–Kier alpha value is -4.13. The van der Waals surface area contributed by atoms with Gasteiger partial charge in [-0.2, -0.15) is 4.98 Å². The highest BCUT2D eigenvalue weighted by Gasteiger charge is 2.51. The van der Waals surface area contributed by atoms with Crippen LogP contribution in [0.25, 0.3) is 0 Å². The van der Waals surface area contributed by atoms with Crippen molar-refractivity contribution < 1.29 is 29.0 Å². The van der Waals surface area contributed by atoms with Gasteiger partial charge in [-0.05, 0) is 90.3 Å². The SMILES string of the molecule is CC[C@@H]1C(=O)N(C)c2cnc(Nc3ccc(C(=O)NC4(CCO)CCC5(CC4)CN(C(=O)OC(C)(C)C)C5)cc3OC)nc2N1C1CCCC1. The Morgan fingerprint density at radius 2 is 1.80 bits per heavy atom. The summed E-state index contributed by atoms with van der Waals surface area (Å²) >= 11 is 0. The van der Waals surface area contributed by atoms with E-state index < -0.39 is 11.1 Å². The Morgan fingerprint density at radius 1 is 1.10 bits per heavy atom. The number of hydrogen-bond acceptors (Lipinski definition) is 10. The van der Waals surface area contributed by atoms with Crippen LogP contribution in [-0.4, -0.2) is 95.0 Å². The summed E-state index contributed by atoms with van der Waals surface area (Å²) in [5, 5.41) is 16.5. The molecule has 1 atom stereocenters. The Labute approximate surface area is 295 Å². The molecule has 1 aromatic heterocycles. The zero-order valence-electron chi connectivity index (χ0n) is 30.4. The second kappa shape index (κ2) is 13.9. The van der Waals surface area contributed by atoms with E-state index in [2.05, 4.69) is 20.5 Å². The summed E-state index contributed by atoms with van der Waals surface area (Å²) in [6, 6.07) is 5.21. The summed E-state index contributed by atoms with van der Waals surface area (Å²) in [6.07, 6.45) is 10.0. The fraction of sp³-hybridized carbons (Fsp3) is 0.649. The van der Waals surface area contributed by atoms with Crippen LogP contribution in [0.15, 0.2) is 24.4 Å². The number of ether oxygens (including phenoxy) is 2. The first-order chi connectivity index (χ1) is 23.8. The minimum atomic E-state index is -0.541. The third-order valence-corrected chi connectivity index (χ3v) is 11.1. The number of carbonyl (C=O) groups excluding carboxylic acids is 3. The lowest BCUT2D eigenvalue weighted by Crippen LogP contribution is -2.63. The van der Waals surface area contributed by atoms with Crippen molar-refractivity contribution >= 4 is 41.0 Å². The number of hydrogen-bond donors (Lipinski definition) is 3. The molecule has 0 radical (unpaired) electrons. The van der Waals surface area contributed by atoms with Crippen molar-refractivity contribution in [2.45, 2.75) is 115 Å². The monoisotopic (exact) mass is 691 g/mol. The molecule has 1 aromatic carbocycles. The van der Waals surface area contributed by atoms with E-state index in [4.69, 9.17) is 14.5 Å². The van der Waals surface area contributed by atoms with E-state index in [0.717, 1.165) is 44.3 Å². The lowest BCUT2D eigenvalue weighted by atomic mass is 9.63. The predicted octanol–water partition coefficient (Wildman–Crippen LogP) is 5.39. The van der Waals surface area contributed by atoms with Gasteiger partial charge >= 0.3 is 6.09 Å². The van der Waals surface area contributed by atoms with E-state index >= 15 is 0 Å². The number of nitrogens with one attached hydrogen (secondary N) is 2. The van der Waals surface area contributed by atoms with E-state index in [0.29, 0.717) is 67.4 Å². The maximum absolute atomic E-state index is 13.7. The highest BCUT2D eigenvalue weighted by Crippen LogP contribution is 2.48. The molecule has 2 aromatic rings. The quantitative estimate of drug-likeness (QED) is 0.312. The number of carbonyl (C=O) groups is 3. The van der Waals surface area contributed by atoms with Crippen molar-refractivity contribution in [1.82, 2.24) is 20.2 Å². The lowest BCUT2D eigenvalue weighted by Gasteiger charge is -2.55. The molecule has 3 N–H and O–H groups in total. The van der Waals surface area contributed by atoms with Crippen LogP contribution in [-0.2, 0) is 9.53 Å². The normalized spacial score (nSPS) is 21.5. The molecular formula is C37H53N7O6. The van der Waals surface area contributed by atoms with Gasteiger partial charge in [0.15, 0.2) is 5.82 Å². The van der Waals surface area contributed by atoms with E-state index in [1.165, 1.54) is 0 Å². The molecule has 3 fully saturated rings. The Morgan fingerprint density at radius 3 is 2.42 bits per heavy atom. The number of fused-ring (bicyclic) bond motifs is 1. The molecular weight excluding hydrogens is 638 g/mol. The molecule has 4 aliphatic rings. The van der Waals surface area contributed by atoms with Gasteiger partial charge in [0.05, 0.1) is 19.0 Å². The van der Waals surface area contributed by atoms with Crippen molar-refractivity contribution in [3.05, 3.63) is 30.0 Å². The number of amides is 3. The maximum atomic E-state index is 13.7. The second-order valence-electron chi connectivity index (χ2n) is 15.7. The maximum Gasteiger partial charge on any atom is 0.410 e. The molecule has 272 valence electrons. The molecule has 3 heterocycles. The number of aromatic nitrogens is 2. The number of likely N-dealkylation sites (N-methyl/N-ethyl adjacent to an activating group) is 1. The minimum Gasteiger partial charge on any atom is -0.495 e. The topological polar surface area (TPSA) is 149 Å². The van der Waals surface area contributed by atoms with Crippen LogP contribution in [0, 0.1) is 5.41 Å². The van der Waals surface area contributed by atoms with Crippen LogP contribution in [0.1, 0.15) is 102 Å². The molecule has 2 saturated carbocycles. The molecule has 13 heteroatoms. The van der Waals surface area contributed by atoms with Gasteiger partial charge in [-0.15, -0.1) is 0 Å². The number of methoxy groups -OCH3 is 1. The largest absolute Gasteiger partial charge is 0.495 e. The molecule has 2 aliphatic heterocycles. The lowest BCUT2D eigenvalue weighted by molar-refractivity contribution is -0.120. The van der Waals surface area contributed by atoms with Crippen LogP contribution in [0.5, 0.6) is 5.75 Å². The number of aliphatic hydroxyl groups excluding tert-OH is 1. The van der Waals surface area contributed by atoms with Crippen LogP contribution >= 0.6 is 0 Å². The van der Waals surface area contributed by atoms with Crippen LogP contribution in [0.4, 0.5) is 27.9 Å². The van der Waals surface area contributed by atoms with Crippen molar-refractivity contribution in [3.8, 4) is 5.75 Å². The van der Waals surface area contributed by atoms with Gasteiger partial charge < -0.3 is 39.9 Å². The molecule has 3 amide bonds. The average molecular weight is 692 g/mol. The fourth-order valence-corrected chi connectivity index (χ4v) is 8.26. The van der Waals surface area contributed by atoms with E-state index in [1.54, 1.807) is 48.4 Å². The number of rotatable bonds is 9. The second-order valence-corrected chi connectivity index (χ2v) is 15.7. The molecule has 1 saturated heterocycles. The molecule has 50 heavy (non-hydrogen) atoms. The Balaban J connectivity index is 1.14. The molecule has 13 nitrogen and oxygen atoms in total. The summed E-state index contributed by atoms with van der Waals surface area (Å²) in [5.41, 5.74) is 0.683. The van der Waals surface area contributed by atoms with Gasteiger partial charge in [-0.1, -0.05) is 19.8 Å². The Kier molecular flexibility index (Phi) is 9.91.